The number of hydrogen-bond donors (Lipinski definition) is 1. The molecule has 1 aliphatic rings. The Hall–Kier alpha value is -0.570. The average molecular weight is 185 g/mol. The highest BCUT2D eigenvalue weighted by Crippen LogP contribution is 2.15. The highest BCUT2D eigenvalue weighted by molar-refractivity contribution is 5.73. The molecule has 1 aliphatic heterocycles. The zero-order valence-electron chi connectivity index (χ0n) is 8.33. The second-order valence-electron chi connectivity index (χ2n) is 3.89. The van der Waals surface area contributed by atoms with Crippen molar-refractivity contribution in [3.05, 3.63) is 0 Å². The first-order chi connectivity index (χ1) is 6.22. The van der Waals surface area contributed by atoms with E-state index in [2.05, 4.69) is 0 Å². The number of carbonyl (C=O) groups is 1. The van der Waals surface area contributed by atoms with Crippen LogP contribution >= 0.6 is 0 Å². The highest BCUT2D eigenvalue weighted by atomic mass is 16.4. The van der Waals surface area contributed by atoms with Crippen LogP contribution in [0.3, 0.4) is 0 Å². The first-order valence-corrected chi connectivity index (χ1v) is 5.15. The molecule has 1 fully saturated rings. The zero-order valence-corrected chi connectivity index (χ0v) is 8.33. The summed E-state index contributed by atoms with van der Waals surface area (Å²) < 4.78 is 0. The van der Waals surface area contributed by atoms with E-state index in [4.69, 9.17) is 5.11 Å². The van der Waals surface area contributed by atoms with Gasteiger partial charge in [-0.3, -0.25) is 9.69 Å². The standard InChI is InChI=1S/C10H19NO2/c1-11-8-6-4-2-3-5-7-9(11)10(12)13/h9H,2-8H2,1H3,(H,12,13). The number of nitrogens with zero attached hydrogens (tertiary/aromatic N) is 1. The van der Waals surface area contributed by atoms with Crippen LogP contribution in [0.1, 0.15) is 38.5 Å². The van der Waals surface area contributed by atoms with Crippen LogP contribution in [0.2, 0.25) is 0 Å². The molecule has 1 atom stereocenters. The van der Waals surface area contributed by atoms with Crippen molar-refractivity contribution in [2.24, 2.45) is 0 Å². The van der Waals surface area contributed by atoms with Crippen molar-refractivity contribution in [3.63, 3.8) is 0 Å². The Morgan fingerprint density at radius 2 is 1.85 bits per heavy atom. The van der Waals surface area contributed by atoms with Gasteiger partial charge in [0, 0.05) is 0 Å². The first-order valence-electron chi connectivity index (χ1n) is 5.15. The Morgan fingerprint density at radius 3 is 2.54 bits per heavy atom. The molecule has 0 radical (unpaired) electrons. The maximum atomic E-state index is 10.9. The van der Waals surface area contributed by atoms with E-state index in [0.717, 1.165) is 25.8 Å². The fourth-order valence-corrected chi connectivity index (χ4v) is 1.92. The normalized spacial score (nSPS) is 27.3. The van der Waals surface area contributed by atoms with E-state index in [1.54, 1.807) is 0 Å². The fraction of sp³-hybridized carbons (Fsp3) is 0.900. The maximum Gasteiger partial charge on any atom is 0.320 e. The summed E-state index contributed by atoms with van der Waals surface area (Å²) in [5.41, 5.74) is 0. The summed E-state index contributed by atoms with van der Waals surface area (Å²) in [6.45, 7) is 0.928. The van der Waals surface area contributed by atoms with Crippen molar-refractivity contribution in [1.82, 2.24) is 4.90 Å². The van der Waals surface area contributed by atoms with Crippen LogP contribution < -0.4 is 0 Å². The molecule has 3 heteroatoms. The Balaban J connectivity index is 2.50. The largest absolute Gasteiger partial charge is 0.480 e. The average Bonchev–Trinajstić information content (AvgIpc) is 2.16. The summed E-state index contributed by atoms with van der Waals surface area (Å²) in [5, 5.41) is 8.98. The van der Waals surface area contributed by atoms with Crippen molar-refractivity contribution in [2.75, 3.05) is 13.6 Å². The second-order valence-corrected chi connectivity index (χ2v) is 3.89. The Morgan fingerprint density at radius 1 is 1.23 bits per heavy atom. The summed E-state index contributed by atoms with van der Waals surface area (Å²) in [6, 6.07) is -0.252. The predicted molar refractivity (Wildman–Crippen MR) is 51.8 cm³/mol. The molecule has 1 heterocycles. The summed E-state index contributed by atoms with van der Waals surface area (Å²) in [5.74, 6) is -0.663. The molecule has 3 nitrogen and oxygen atoms in total. The molecule has 1 saturated heterocycles. The quantitative estimate of drug-likeness (QED) is 0.676. The number of hydrogen-bond acceptors (Lipinski definition) is 2. The van der Waals surface area contributed by atoms with Gasteiger partial charge in [-0.15, -0.1) is 0 Å². The number of aliphatic carboxylic acids is 1. The molecule has 1 unspecified atom stereocenters. The molecule has 0 saturated carbocycles. The minimum Gasteiger partial charge on any atom is -0.480 e. The number of rotatable bonds is 1. The molecule has 1 rings (SSSR count). The third kappa shape index (κ3) is 3.35. The minimum absolute atomic E-state index is 0.252. The molecule has 0 aromatic rings. The highest BCUT2D eigenvalue weighted by Gasteiger charge is 2.22. The van der Waals surface area contributed by atoms with Gasteiger partial charge in [-0.25, -0.2) is 0 Å². The van der Waals surface area contributed by atoms with Crippen LogP contribution in [-0.2, 0) is 4.79 Å². The third-order valence-corrected chi connectivity index (χ3v) is 2.81. The topological polar surface area (TPSA) is 40.5 Å². The zero-order chi connectivity index (χ0) is 9.68. The van der Waals surface area contributed by atoms with E-state index < -0.39 is 5.97 Å². The molecule has 1 N–H and O–H groups in total. The SMILES string of the molecule is CN1CCCCCCCC1C(=O)O. The van der Waals surface area contributed by atoms with Gasteiger partial charge < -0.3 is 5.11 Å². The van der Waals surface area contributed by atoms with Crippen LogP contribution in [0, 0.1) is 0 Å². The number of carboxylic acid groups (broad SMARTS) is 1. The molecule has 76 valence electrons. The Labute approximate surface area is 79.7 Å². The van der Waals surface area contributed by atoms with Gasteiger partial charge in [0.1, 0.15) is 6.04 Å². The molecule has 0 aliphatic carbocycles. The molecule has 0 spiro atoms. The minimum atomic E-state index is -0.663. The van der Waals surface area contributed by atoms with E-state index in [0.29, 0.717) is 0 Å². The predicted octanol–water partition coefficient (Wildman–Crippen LogP) is 1.73. The van der Waals surface area contributed by atoms with Gasteiger partial charge in [0.2, 0.25) is 0 Å². The molecule has 0 aromatic heterocycles. The number of carboxylic acids is 1. The molecular formula is C10H19NO2. The van der Waals surface area contributed by atoms with Crippen molar-refractivity contribution in [2.45, 2.75) is 44.6 Å². The van der Waals surface area contributed by atoms with Crippen molar-refractivity contribution in [3.8, 4) is 0 Å². The van der Waals surface area contributed by atoms with E-state index >= 15 is 0 Å². The lowest BCUT2D eigenvalue weighted by Gasteiger charge is -2.23. The first kappa shape index (κ1) is 10.5. The van der Waals surface area contributed by atoms with Gasteiger partial charge in [0.15, 0.2) is 0 Å². The Kier molecular flexibility index (Phi) is 4.22. The van der Waals surface area contributed by atoms with Crippen LogP contribution in [0.25, 0.3) is 0 Å². The lowest BCUT2D eigenvalue weighted by Crippen LogP contribution is -2.38. The third-order valence-electron chi connectivity index (χ3n) is 2.81. The molecular weight excluding hydrogens is 166 g/mol. The second kappa shape index (κ2) is 5.22. The van der Waals surface area contributed by atoms with Crippen LogP contribution in [0.5, 0.6) is 0 Å². The van der Waals surface area contributed by atoms with Crippen LogP contribution in [0.4, 0.5) is 0 Å². The molecule has 0 aromatic carbocycles. The Bertz CT molecular complexity index is 170. The summed E-state index contributed by atoms with van der Waals surface area (Å²) in [4.78, 5) is 12.9. The monoisotopic (exact) mass is 185 g/mol. The van der Waals surface area contributed by atoms with E-state index in [1.165, 1.54) is 19.3 Å². The molecule has 13 heavy (non-hydrogen) atoms. The van der Waals surface area contributed by atoms with Crippen molar-refractivity contribution in [1.29, 1.82) is 0 Å². The summed E-state index contributed by atoms with van der Waals surface area (Å²) in [6.07, 6.45) is 6.71. The van der Waals surface area contributed by atoms with E-state index in [1.807, 2.05) is 11.9 Å². The van der Waals surface area contributed by atoms with Gasteiger partial charge in [0.25, 0.3) is 0 Å². The smallest absolute Gasteiger partial charge is 0.320 e. The van der Waals surface area contributed by atoms with Crippen LogP contribution in [-0.4, -0.2) is 35.6 Å². The van der Waals surface area contributed by atoms with Crippen molar-refractivity contribution < 1.29 is 9.90 Å². The van der Waals surface area contributed by atoms with Gasteiger partial charge >= 0.3 is 5.97 Å². The lowest BCUT2D eigenvalue weighted by molar-refractivity contribution is -0.143. The van der Waals surface area contributed by atoms with Gasteiger partial charge in [-0.1, -0.05) is 25.7 Å². The van der Waals surface area contributed by atoms with Crippen LogP contribution in [0.15, 0.2) is 0 Å². The van der Waals surface area contributed by atoms with Gasteiger partial charge in [0.05, 0.1) is 0 Å². The van der Waals surface area contributed by atoms with Gasteiger partial charge in [-0.05, 0) is 26.4 Å². The molecule has 0 bridgehead atoms. The van der Waals surface area contributed by atoms with E-state index in [-0.39, 0.29) is 6.04 Å². The number of likely N-dealkylation sites (N-methyl/N-ethyl adjacent to an activating group) is 1. The van der Waals surface area contributed by atoms with Crippen molar-refractivity contribution >= 4 is 5.97 Å². The maximum absolute atomic E-state index is 10.9. The van der Waals surface area contributed by atoms with Gasteiger partial charge in [-0.2, -0.15) is 0 Å². The summed E-state index contributed by atoms with van der Waals surface area (Å²) >= 11 is 0. The fourth-order valence-electron chi connectivity index (χ4n) is 1.92. The molecule has 0 amide bonds. The summed E-state index contributed by atoms with van der Waals surface area (Å²) in [7, 11) is 1.92. The van der Waals surface area contributed by atoms with E-state index in [9.17, 15) is 4.79 Å². The lowest BCUT2D eigenvalue weighted by atomic mass is 10.1.